The minimum Gasteiger partial charge on any atom is -0.339 e. The van der Waals surface area contributed by atoms with E-state index in [1.54, 1.807) is 0 Å². The van der Waals surface area contributed by atoms with Crippen LogP contribution in [0.4, 0.5) is 0 Å². The number of carbonyl (C=O) groups excluding carboxylic acids is 1. The van der Waals surface area contributed by atoms with Gasteiger partial charge in [0, 0.05) is 18.7 Å². The van der Waals surface area contributed by atoms with Crippen molar-refractivity contribution in [3.8, 4) is 0 Å². The van der Waals surface area contributed by atoms with Crippen LogP contribution in [0.5, 0.6) is 0 Å². The third kappa shape index (κ3) is 2.58. The molecule has 1 amide bonds. The quantitative estimate of drug-likeness (QED) is 0.743. The number of hydrogen-bond donors (Lipinski definition) is 0. The molecule has 1 rings (SSSR count). The first kappa shape index (κ1) is 11.8. The molecule has 1 atom stereocenters. The van der Waals surface area contributed by atoms with Gasteiger partial charge in [-0.1, -0.05) is 25.1 Å². The minimum atomic E-state index is 0.113. The van der Waals surface area contributed by atoms with E-state index in [1.807, 2.05) is 43.1 Å². The number of rotatable bonds is 3. The van der Waals surface area contributed by atoms with Crippen LogP contribution in [0.15, 0.2) is 24.3 Å². The maximum atomic E-state index is 12.1. The Morgan fingerprint density at radius 2 is 2.00 bits per heavy atom. The molecule has 1 aromatic carbocycles. The number of nitrogens with zero attached hydrogens (tertiary/aromatic N) is 1. The molecule has 0 fully saturated rings. The average Bonchev–Trinajstić information content (AvgIpc) is 2.26. The summed E-state index contributed by atoms with van der Waals surface area (Å²) in [6, 6.07) is 8.01. The molecule has 0 saturated carbocycles. The van der Waals surface area contributed by atoms with Crippen molar-refractivity contribution in [2.75, 3.05) is 7.05 Å². The predicted molar refractivity (Wildman–Crippen MR) is 63.0 cm³/mol. The molecule has 0 radical (unpaired) electrons. The Bertz CT molecular complexity index is 346. The summed E-state index contributed by atoms with van der Waals surface area (Å²) in [5, 5.41) is 0. The van der Waals surface area contributed by atoms with E-state index in [2.05, 4.69) is 13.8 Å². The van der Waals surface area contributed by atoms with Crippen molar-refractivity contribution in [1.29, 1.82) is 0 Å². The van der Waals surface area contributed by atoms with Crippen LogP contribution in [0.25, 0.3) is 0 Å². The van der Waals surface area contributed by atoms with Gasteiger partial charge >= 0.3 is 0 Å². The second-order valence-electron chi connectivity index (χ2n) is 3.99. The lowest BCUT2D eigenvalue weighted by atomic mass is 10.1. The van der Waals surface area contributed by atoms with Crippen molar-refractivity contribution < 1.29 is 4.79 Å². The fraction of sp³-hybridized carbons (Fsp3) is 0.462. The zero-order chi connectivity index (χ0) is 11.4. The van der Waals surface area contributed by atoms with Crippen molar-refractivity contribution in [3.63, 3.8) is 0 Å². The van der Waals surface area contributed by atoms with E-state index in [1.165, 1.54) is 0 Å². The number of benzene rings is 1. The molecule has 0 aliphatic rings. The standard InChI is InChI=1S/C13H19NO/c1-5-11(3)14(4)13(15)12-9-7-6-8-10(12)2/h6-9,11H,5H2,1-4H3. The monoisotopic (exact) mass is 205 g/mol. The molecule has 2 heteroatoms. The molecular weight excluding hydrogens is 186 g/mol. The van der Waals surface area contributed by atoms with Crippen molar-refractivity contribution in [2.45, 2.75) is 33.2 Å². The highest BCUT2D eigenvalue weighted by atomic mass is 16.2. The molecule has 0 aliphatic heterocycles. The summed E-state index contributed by atoms with van der Waals surface area (Å²) in [5.74, 6) is 0.113. The fourth-order valence-corrected chi connectivity index (χ4v) is 1.48. The lowest BCUT2D eigenvalue weighted by molar-refractivity contribution is 0.0740. The van der Waals surface area contributed by atoms with Gasteiger partial charge in [0.05, 0.1) is 0 Å². The first-order valence-corrected chi connectivity index (χ1v) is 5.40. The van der Waals surface area contributed by atoms with Gasteiger partial charge in [0.15, 0.2) is 0 Å². The summed E-state index contributed by atoms with van der Waals surface area (Å²) in [6.45, 7) is 6.13. The van der Waals surface area contributed by atoms with E-state index in [0.717, 1.165) is 17.5 Å². The maximum Gasteiger partial charge on any atom is 0.254 e. The molecule has 0 saturated heterocycles. The summed E-state index contributed by atoms with van der Waals surface area (Å²) < 4.78 is 0. The number of aryl methyl sites for hydroxylation is 1. The highest BCUT2D eigenvalue weighted by molar-refractivity contribution is 5.95. The van der Waals surface area contributed by atoms with Crippen LogP contribution < -0.4 is 0 Å². The SMILES string of the molecule is CCC(C)N(C)C(=O)c1ccccc1C. The summed E-state index contributed by atoms with van der Waals surface area (Å²) in [6.07, 6.45) is 0.980. The Hall–Kier alpha value is -1.31. The number of hydrogen-bond acceptors (Lipinski definition) is 1. The summed E-state index contributed by atoms with van der Waals surface area (Å²) >= 11 is 0. The van der Waals surface area contributed by atoms with Gasteiger partial charge in [0.25, 0.3) is 5.91 Å². The van der Waals surface area contributed by atoms with Gasteiger partial charge in [-0.15, -0.1) is 0 Å². The van der Waals surface area contributed by atoms with Gasteiger partial charge in [-0.3, -0.25) is 4.79 Å². The van der Waals surface area contributed by atoms with Crippen molar-refractivity contribution in [3.05, 3.63) is 35.4 Å². The van der Waals surface area contributed by atoms with E-state index in [9.17, 15) is 4.79 Å². The zero-order valence-corrected chi connectivity index (χ0v) is 9.95. The van der Waals surface area contributed by atoms with Crippen LogP contribution in [0.1, 0.15) is 36.2 Å². The fourth-order valence-electron chi connectivity index (χ4n) is 1.48. The average molecular weight is 205 g/mol. The topological polar surface area (TPSA) is 20.3 Å². The van der Waals surface area contributed by atoms with Gasteiger partial charge in [0.1, 0.15) is 0 Å². The molecule has 0 N–H and O–H groups in total. The summed E-state index contributed by atoms with van der Waals surface area (Å²) in [4.78, 5) is 13.9. The molecule has 0 spiro atoms. The van der Waals surface area contributed by atoms with Gasteiger partial charge in [0.2, 0.25) is 0 Å². The van der Waals surface area contributed by atoms with Gasteiger partial charge in [-0.25, -0.2) is 0 Å². The highest BCUT2D eigenvalue weighted by Crippen LogP contribution is 2.12. The van der Waals surface area contributed by atoms with Crippen molar-refractivity contribution in [2.24, 2.45) is 0 Å². The van der Waals surface area contributed by atoms with E-state index in [4.69, 9.17) is 0 Å². The molecule has 0 aliphatic carbocycles. The van der Waals surface area contributed by atoms with E-state index < -0.39 is 0 Å². The third-order valence-corrected chi connectivity index (χ3v) is 2.95. The maximum absolute atomic E-state index is 12.1. The second kappa shape index (κ2) is 4.96. The molecule has 82 valence electrons. The second-order valence-corrected chi connectivity index (χ2v) is 3.99. The Kier molecular flexibility index (Phi) is 3.89. The molecule has 0 heterocycles. The Balaban J connectivity index is 2.90. The lowest BCUT2D eigenvalue weighted by Gasteiger charge is -2.24. The first-order valence-electron chi connectivity index (χ1n) is 5.40. The number of carbonyl (C=O) groups is 1. The van der Waals surface area contributed by atoms with Crippen LogP contribution in [-0.2, 0) is 0 Å². The van der Waals surface area contributed by atoms with Gasteiger partial charge in [-0.2, -0.15) is 0 Å². The summed E-state index contributed by atoms with van der Waals surface area (Å²) in [5.41, 5.74) is 1.85. The lowest BCUT2D eigenvalue weighted by Crippen LogP contribution is -2.34. The Morgan fingerprint density at radius 3 is 2.53 bits per heavy atom. The van der Waals surface area contributed by atoms with Crippen LogP contribution in [-0.4, -0.2) is 23.9 Å². The van der Waals surface area contributed by atoms with E-state index in [-0.39, 0.29) is 11.9 Å². The van der Waals surface area contributed by atoms with Crippen LogP contribution in [0.2, 0.25) is 0 Å². The van der Waals surface area contributed by atoms with Gasteiger partial charge in [-0.05, 0) is 31.9 Å². The normalized spacial score (nSPS) is 12.3. The zero-order valence-electron chi connectivity index (χ0n) is 9.95. The largest absolute Gasteiger partial charge is 0.339 e. The molecule has 2 nitrogen and oxygen atoms in total. The highest BCUT2D eigenvalue weighted by Gasteiger charge is 2.16. The molecule has 15 heavy (non-hydrogen) atoms. The number of amides is 1. The molecule has 0 bridgehead atoms. The summed E-state index contributed by atoms with van der Waals surface area (Å²) in [7, 11) is 1.86. The first-order chi connectivity index (χ1) is 7.07. The van der Waals surface area contributed by atoms with E-state index >= 15 is 0 Å². The van der Waals surface area contributed by atoms with Crippen molar-refractivity contribution >= 4 is 5.91 Å². The van der Waals surface area contributed by atoms with E-state index in [0.29, 0.717) is 0 Å². The van der Waals surface area contributed by atoms with Crippen LogP contribution in [0, 0.1) is 6.92 Å². The molecule has 1 unspecified atom stereocenters. The minimum absolute atomic E-state index is 0.113. The predicted octanol–water partition coefficient (Wildman–Crippen LogP) is 2.87. The Labute approximate surface area is 91.9 Å². The Morgan fingerprint density at radius 1 is 1.40 bits per heavy atom. The van der Waals surface area contributed by atoms with Crippen LogP contribution in [0.3, 0.4) is 0 Å². The molecule has 1 aromatic rings. The van der Waals surface area contributed by atoms with Gasteiger partial charge < -0.3 is 4.90 Å². The van der Waals surface area contributed by atoms with Crippen LogP contribution >= 0.6 is 0 Å². The molecule has 0 aromatic heterocycles. The smallest absolute Gasteiger partial charge is 0.254 e. The molecular formula is C13H19NO. The van der Waals surface area contributed by atoms with Crippen molar-refractivity contribution in [1.82, 2.24) is 4.90 Å². The third-order valence-electron chi connectivity index (χ3n) is 2.95.